The highest BCUT2D eigenvalue weighted by molar-refractivity contribution is 7.12. The van der Waals surface area contributed by atoms with Crippen LogP contribution in [0.5, 0.6) is 0 Å². The van der Waals surface area contributed by atoms with Crippen LogP contribution in [0.4, 0.5) is 0 Å². The largest absolute Gasteiger partial charge is 0.341 e. The summed E-state index contributed by atoms with van der Waals surface area (Å²) >= 11 is 1.38. The summed E-state index contributed by atoms with van der Waals surface area (Å²) in [4.78, 5) is 27.8. The van der Waals surface area contributed by atoms with Crippen LogP contribution < -0.4 is 5.32 Å². The second-order valence-electron chi connectivity index (χ2n) is 5.68. The zero-order chi connectivity index (χ0) is 16.1. The first-order valence-electron chi connectivity index (χ1n) is 7.94. The molecule has 1 aromatic heterocycles. The molecule has 3 rings (SSSR count). The van der Waals surface area contributed by atoms with E-state index in [1.165, 1.54) is 17.8 Å². The van der Waals surface area contributed by atoms with Crippen LogP contribution in [0.25, 0.3) is 0 Å². The van der Waals surface area contributed by atoms with Gasteiger partial charge in [0.05, 0.1) is 4.88 Å². The van der Waals surface area contributed by atoms with Gasteiger partial charge in [0.25, 0.3) is 5.91 Å². The minimum absolute atomic E-state index is 0.0131. The summed E-state index contributed by atoms with van der Waals surface area (Å²) in [5, 5.41) is 4.77. The number of likely N-dealkylation sites (tertiary alicyclic amines) is 1. The topological polar surface area (TPSA) is 49.4 Å². The molecule has 0 spiro atoms. The lowest BCUT2D eigenvalue weighted by atomic mass is 10.0. The SMILES string of the molecule is O=C(N[C@@H](C(=O)N1CCCCC1)c1ccccc1)c1cccs1. The van der Waals surface area contributed by atoms with Crippen molar-refractivity contribution >= 4 is 23.2 Å². The Morgan fingerprint density at radius 1 is 1.00 bits per heavy atom. The van der Waals surface area contributed by atoms with Gasteiger partial charge >= 0.3 is 0 Å². The molecule has 0 saturated carbocycles. The Balaban J connectivity index is 1.81. The van der Waals surface area contributed by atoms with Gasteiger partial charge < -0.3 is 10.2 Å². The van der Waals surface area contributed by atoms with Crippen molar-refractivity contribution in [3.63, 3.8) is 0 Å². The van der Waals surface area contributed by atoms with Crippen LogP contribution >= 0.6 is 11.3 Å². The molecule has 1 N–H and O–H groups in total. The third kappa shape index (κ3) is 3.79. The Morgan fingerprint density at radius 2 is 1.74 bits per heavy atom. The number of amides is 2. The van der Waals surface area contributed by atoms with E-state index >= 15 is 0 Å². The molecule has 2 amide bonds. The first-order chi connectivity index (χ1) is 11.3. The minimum Gasteiger partial charge on any atom is -0.341 e. The minimum atomic E-state index is -0.621. The van der Waals surface area contributed by atoms with Crippen molar-refractivity contribution in [1.29, 1.82) is 0 Å². The number of hydrogen-bond donors (Lipinski definition) is 1. The molecule has 1 atom stereocenters. The van der Waals surface area contributed by atoms with Gasteiger partial charge in [0.2, 0.25) is 5.91 Å². The number of benzene rings is 1. The zero-order valence-electron chi connectivity index (χ0n) is 12.9. The number of hydrogen-bond acceptors (Lipinski definition) is 3. The molecule has 0 aliphatic carbocycles. The zero-order valence-corrected chi connectivity index (χ0v) is 13.7. The van der Waals surface area contributed by atoms with Crippen molar-refractivity contribution in [3.05, 3.63) is 58.3 Å². The smallest absolute Gasteiger partial charge is 0.262 e. The first kappa shape index (κ1) is 15.7. The normalized spacial score (nSPS) is 15.9. The maximum atomic E-state index is 12.9. The number of carbonyl (C=O) groups is 2. The number of thiophene rings is 1. The molecule has 120 valence electrons. The fraction of sp³-hybridized carbons (Fsp3) is 0.333. The third-order valence-electron chi connectivity index (χ3n) is 4.07. The molecule has 2 heterocycles. The van der Waals surface area contributed by atoms with Crippen molar-refractivity contribution in [3.8, 4) is 0 Å². The van der Waals surface area contributed by atoms with Gasteiger partial charge in [0.1, 0.15) is 6.04 Å². The molecular weight excluding hydrogens is 308 g/mol. The highest BCUT2D eigenvalue weighted by atomic mass is 32.1. The number of rotatable bonds is 4. The van der Waals surface area contributed by atoms with Crippen molar-refractivity contribution in [1.82, 2.24) is 10.2 Å². The lowest BCUT2D eigenvalue weighted by molar-refractivity contribution is -0.134. The summed E-state index contributed by atoms with van der Waals surface area (Å²) in [5.41, 5.74) is 0.827. The molecule has 23 heavy (non-hydrogen) atoms. The van der Waals surface area contributed by atoms with Gasteiger partial charge in [-0.25, -0.2) is 0 Å². The van der Waals surface area contributed by atoms with Gasteiger partial charge in [-0.15, -0.1) is 11.3 Å². The quantitative estimate of drug-likeness (QED) is 0.937. The van der Waals surface area contributed by atoms with Crippen molar-refractivity contribution in [2.45, 2.75) is 25.3 Å². The molecule has 0 bridgehead atoms. The lowest BCUT2D eigenvalue weighted by Crippen LogP contribution is -2.44. The number of nitrogens with zero attached hydrogens (tertiary/aromatic N) is 1. The third-order valence-corrected chi connectivity index (χ3v) is 4.94. The second-order valence-corrected chi connectivity index (χ2v) is 6.63. The van der Waals surface area contributed by atoms with Crippen molar-refractivity contribution < 1.29 is 9.59 Å². The molecular formula is C18H20N2O2S. The van der Waals surface area contributed by atoms with Crippen LogP contribution in [-0.2, 0) is 4.79 Å². The van der Waals surface area contributed by atoms with E-state index in [-0.39, 0.29) is 11.8 Å². The van der Waals surface area contributed by atoms with Crippen LogP contribution in [0.1, 0.15) is 40.5 Å². The predicted octanol–water partition coefficient (Wildman–Crippen LogP) is 3.23. The summed E-state index contributed by atoms with van der Waals surface area (Å²) in [6.45, 7) is 1.55. The van der Waals surface area contributed by atoms with E-state index in [4.69, 9.17) is 0 Å². The Hall–Kier alpha value is -2.14. The van der Waals surface area contributed by atoms with Gasteiger partial charge in [-0.1, -0.05) is 36.4 Å². The second kappa shape index (κ2) is 7.42. The van der Waals surface area contributed by atoms with Crippen LogP contribution in [0, 0.1) is 0 Å². The molecule has 0 unspecified atom stereocenters. The average Bonchev–Trinajstić information content (AvgIpc) is 3.15. The van der Waals surface area contributed by atoms with Gasteiger partial charge in [-0.3, -0.25) is 9.59 Å². The van der Waals surface area contributed by atoms with E-state index in [9.17, 15) is 9.59 Å². The Labute approximate surface area is 140 Å². The maximum Gasteiger partial charge on any atom is 0.262 e. The maximum absolute atomic E-state index is 12.9. The van der Waals surface area contributed by atoms with E-state index in [0.717, 1.165) is 31.5 Å². The molecule has 1 aromatic carbocycles. The van der Waals surface area contributed by atoms with Gasteiger partial charge in [0, 0.05) is 13.1 Å². The standard InChI is InChI=1S/C18H20N2O2S/c21-17(15-10-7-13-23-15)19-16(14-8-3-1-4-9-14)18(22)20-11-5-2-6-12-20/h1,3-4,7-10,13,16H,2,5-6,11-12H2,(H,19,21)/t16-/m1/s1. The summed E-state index contributed by atoms with van der Waals surface area (Å²) in [6.07, 6.45) is 3.24. The van der Waals surface area contributed by atoms with Gasteiger partial charge in [-0.2, -0.15) is 0 Å². The highest BCUT2D eigenvalue weighted by Crippen LogP contribution is 2.20. The van der Waals surface area contributed by atoms with E-state index in [2.05, 4.69) is 5.32 Å². The number of piperidine rings is 1. The molecule has 1 aliphatic rings. The van der Waals surface area contributed by atoms with Crippen LogP contribution in [0.15, 0.2) is 47.8 Å². The molecule has 1 aliphatic heterocycles. The fourth-order valence-electron chi connectivity index (χ4n) is 2.84. The van der Waals surface area contributed by atoms with E-state index < -0.39 is 6.04 Å². The molecule has 1 saturated heterocycles. The number of nitrogens with one attached hydrogen (secondary N) is 1. The summed E-state index contributed by atoms with van der Waals surface area (Å²) in [7, 11) is 0. The van der Waals surface area contributed by atoms with Crippen LogP contribution in [0.2, 0.25) is 0 Å². The molecule has 0 radical (unpaired) electrons. The van der Waals surface area contributed by atoms with Crippen molar-refractivity contribution in [2.75, 3.05) is 13.1 Å². The summed E-state index contributed by atoms with van der Waals surface area (Å²) < 4.78 is 0. The monoisotopic (exact) mass is 328 g/mol. The Morgan fingerprint density at radius 3 is 2.39 bits per heavy atom. The highest BCUT2D eigenvalue weighted by Gasteiger charge is 2.28. The Kier molecular flexibility index (Phi) is 5.08. The average molecular weight is 328 g/mol. The van der Waals surface area contributed by atoms with Crippen LogP contribution in [-0.4, -0.2) is 29.8 Å². The summed E-state index contributed by atoms with van der Waals surface area (Å²) in [5.74, 6) is -0.208. The van der Waals surface area contributed by atoms with Gasteiger partial charge in [-0.05, 0) is 36.3 Å². The predicted molar refractivity (Wildman–Crippen MR) is 91.4 cm³/mol. The van der Waals surface area contributed by atoms with E-state index in [0.29, 0.717) is 4.88 Å². The summed E-state index contributed by atoms with van der Waals surface area (Å²) in [6, 6.07) is 12.5. The molecule has 4 nitrogen and oxygen atoms in total. The molecule has 2 aromatic rings. The van der Waals surface area contributed by atoms with Crippen LogP contribution in [0.3, 0.4) is 0 Å². The van der Waals surface area contributed by atoms with E-state index in [1.54, 1.807) is 6.07 Å². The van der Waals surface area contributed by atoms with Crippen molar-refractivity contribution in [2.24, 2.45) is 0 Å². The first-order valence-corrected chi connectivity index (χ1v) is 8.82. The lowest BCUT2D eigenvalue weighted by Gasteiger charge is -2.31. The van der Waals surface area contributed by atoms with Gasteiger partial charge in [0.15, 0.2) is 0 Å². The molecule has 5 heteroatoms. The number of carbonyl (C=O) groups excluding carboxylic acids is 2. The fourth-order valence-corrected chi connectivity index (χ4v) is 3.47. The van der Waals surface area contributed by atoms with E-state index in [1.807, 2.05) is 46.7 Å². The Bertz CT molecular complexity index is 649. The molecule has 1 fully saturated rings.